The molecule has 0 unspecified atom stereocenters. The molecule has 0 aliphatic heterocycles. The molecule has 0 N–H and O–H groups in total. The zero-order chi connectivity index (χ0) is 14.7. The molecule has 0 bridgehead atoms. The van der Waals surface area contributed by atoms with Gasteiger partial charge in [0.1, 0.15) is 6.61 Å². The van der Waals surface area contributed by atoms with Crippen molar-refractivity contribution >= 4 is 24.2 Å². The molecule has 0 fully saturated rings. The standard InChI is InChI=1S/C14H22BrFO2Si/c1-14(2,3)19(4,5)18-10-9-17-13-11(15)7-6-8-12(13)16/h6-8H,9-10H2,1-5H3. The predicted octanol–water partition coefficient (Wildman–Crippen LogP) is 4.99. The minimum atomic E-state index is -1.76. The number of rotatable bonds is 5. The van der Waals surface area contributed by atoms with Crippen LogP contribution < -0.4 is 4.74 Å². The van der Waals surface area contributed by atoms with Gasteiger partial charge < -0.3 is 9.16 Å². The highest BCUT2D eigenvalue weighted by Crippen LogP contribution is 2.36. The van der Waals surface area contributed by atoms with E-state index in [4.69, 9.17) is 9.16 Å². The molecule has 1 rings (SSSR count). The fourth-order valence-corrected chi connectivity index (χ4v) is 2.76. The van der Waals surface area contributed by atoms with E-state index in [2.05, 4.69) is 49.8 Å². The van der Waals surface area contributed by atoms with Gasteiger partial charge in [0.25, 0.3) is 0 Å². The van der Waals surface area contributed by atoms with Crippen molar-refractivity contribution in [3.05, 3.63) is 28.5 Å². The fraction of sp³-hybridized carbons (Fsp3) is 0.571. The van der Waals surface area contributed by atoms with E-state index >= 15 is 0 Å². The zero-order valence-electron chi connectivity index (χ0n) is 12.2. The van der Waals surface area contributed by atoms with Crippen LogP contribution in [0.3, 0.4) is 0 Å². The van der Waals surface area contributed by atoms with Crippen LogP contribution in [-0.4, -0.2) is 21.5 Å². The summed E-state index contributed by atoms with van der Waals surface area (Å²) in [4.78, 5) is 0. The molecule has 0 aromatic heterocycles. The molecule has 0 saturated heterocycles. The Morgan fingerprint density at radius 1 is 1.21 bits per heavy atom. The van der Waals surface area contributed by atoms with Gasteiger partial charge in [0.05, 0.1) is 11.1 Å². The summed E-state index contributed by atoms with van der Waals surface area (Å²) in [5.41, 5.74) is 0. The quantitative estimate of drug-likeness (QED) is 0.551. The van der Waals surface area contributed by atoms with Crippen LogP contribution >= 0.6 is 15.9 Å². The third kappa shape index (κ3) is 4.58. The molecule has 0 heterocycles. The van der Waals surface area contributed by atoms with Crippen molar-refractivity contribution in [2.24, 2.45) is 0 Å². The highest BCUT2D eigenvalue weighted by atomic mass is 79.9. The minimum Gasteiger partial charge on any atom is -0.487 e. The smallest absolute Gasteiger partial charge is 0.192 e. The first-order valence-corrected chi connectivity index (χ1v) is 10.1. The molecule has 0 aliphatic carbocycles. The average molecular weight is 349 g/mol. The van der Waals surface area contributed by atoms with E-state index in [9.17, 15) is 4.39 Å². The molecule has 0 spiro atoms. The summed E-state index contributed by atoms with van der Waals surface area (Å²) < 4.78 is 25.6. The second kappa shape index (κ2) is 6.37. The lowest BCUT2D eigenvalue weighted by Crippen LogP contribution is -2.41. The summed E-state index contributed by atoms with van der Waals surface area (Å²) in [6.07, 6.45) is 0. The van der Waals surface area contributed by atoms with Crippen LogP contribution in [0.25, 0.3) is 0 Å². The maximum atomic E-state index is 13.5. The Labute approximate surface area is 124 Å². The Morgan fingerprint density at radius 3 is 2.37 bits per heavy atom. The van der Waals surface area contributed by atoms with Crippen molar-refractivity contribution in [2.75, 3.05) is 13.2 Å². The number of para-hydroxylation sites is 1. The lowest BCUT2D eigenvalue weighted by molar-refractivity contribution is 0.198. The zero-order valence-corrected chi connectivity index (χ0v) is 14.8. The largest absolute Gasteiger partial charge is 0.487 e. The van der Waals surface area contributed by atoms with Crippen molar-refractivity contribution in [1.29, 1.82) is 0 Å². The fourth-order valence-electron chi connectivity index (χ4n) is 1.28. The second-order valence-corrected chi connectivity index (χ2v) is 11.7. The third-order valence-corrected chi connectivity index (χ3v) is 8.68. The molecule has 0 saturated carbocycles. The highest BCUT2D eigenvalue weighted by Gasteiger charge is 2.36. The van der Waals surface area contributed by atoms with E-state index in [1.54, 1.807) is 12.1 Å². The summed E-state index contributed by atoms with van der Waals surface area (Å²) in [6.45, 7) is 11.8. The maximum Gasteiger partial charge on any atom is 0.192 e. The summed E-state index contributed by atoms with van der Waals surface area (Å²) >= 11 is 3.27. The number of halogens is 2. The molecule has 0 atom stereocenters. The lowest BCUT2D eigenvalue weighted by atomic mass is 10.2. The predicted molar refractivity (Wildman–Crippen MR) is 82.7 cm³/mol. The van der Waals surface area contributed by atoms with E-state index in [1.807, 2.05) is 0 Å². The minimum absolute atomic E-state index is 0.172. The summed E-state index contributed by atoms with van der Waals surface area (Å²) in [7, 11) is -1.76. The first-order valence-electron chi connectivity index (χ1n) is 6.36. The molecular weight excluding hydrogens is 327 g/mol. The van der Waals surface area contributed by atoms with E-state index in [1.165, 1.54) is 6.07 Å². The molecule has 0 amide bonds. The number of ether oxygens (including phenoxy) is 1. The van der Waals surface area contributed by atoms with E-state index in [0.29, 0.717) is 17.7 Å². The van der Waals surface area contributed by atoms with Crippen LogP contribution in [0.1, 0.15) is 20.8 Å². The third-order valence-electron chi connectivity index (χ3n) is 3.52. The van der Waals surface area contributed by atoms with Gasteiger partial charge in [-0.25, -0.2) is 4.39 Å². The van der Waals surface area contributed by atoms with Gasteiger partial charge in [0.2, 0.25) is 0 Å². The summed E-state index contributed by atoms with van der Waals surface area (Å²) in [5.74, 6) is -0.108. The Kier molecular flexibility index (Phi) is 5.59. The van der Waals surface area contributed by atoms with Crippen LogP contribution in [0.4, 0.5) is 4.39 Å². The number of benzene rings is 1. The topological polar surface area (TPSA) is 18.5 Å². The van der Waals surface area contributed by atoms with Gasteiger partial charge >= 0.3 is 0 Å². The van der Waals surface area contributed by atoms with E-state index < -0.39 is 8.32 Å². The maximum absolute atomic E-state index is 13.5. The first kappa shape index (κ1) is 16.7. The highest BCUT2D eigenvalue weighted by molar-refractivity contribution is 9.10. The number of hydrogen-bond acceptors (Lipinski definition) is 2. The first-order chi connectivity index (χ1) is 8.65. The monoisotopic (exact) mass is 348 g/mol. The molecule has 19 heavy (non-hydrogen) atoms. The molecule has 108 valence electrons. The lowest BCUT2D eigenvalue weighted by Gasteiger charge is -2.36. The Balaban J connectivity index is 2.48. The van der Waals surface area contributed by atoms with E-state index in [0.717, 1.165) is 0 Å². The van der Waals surface area contributed by atoms with Crippen LogP contribution in [-0.2, 0) is 4.43 Å². The van der Waals surface area contributed by atoms with Gasteiger partial charge in [0.15, 0.2) is 19.9 Å². The van der Waals surface area contributed by atoms with Crippen molar-refractivity contribution in [3.63, 3.8) is 0 Å². The second-order valence-electron chi connectivity index (χ2n) is 6.01. The Bertz CT molecular complexity index is 410. The molecule has 1 aromatic carbocycles. The molecular formula is C14H22BrFO2Si. The van der Waals surface area contributed by atoms with Gasteiger partial charge in [-0.2, -0.15) is 0 Å². The van der Waals surface area contributed by atoms with Gasteiger partial charge in [-0.1, -0.05) is 26.8 Å². The SMILES string of the molecule is CC(C)(C)[Si](C)(C)OCCOc1c(F)cccc1Br. The van der Waals surface area contributed by atoms with Crippen LogP contribution in [0.5, 0.6) is 5.75 Å². The Hall–Kier alpha value is -0.393. The van der Waals surface area contributed by atoms with Crippen molar-refractivity contribution in [3.8, 4) is 5.75 Å². The molecule has 1 aromatic rings. The van der Waals surface area contributed by atoms with Gasteiger partial charge in [-0.15, -0.1) is 0 Å². The summed E-state index contributed by atoms with van der Waals surface area (Å²) in [6, 6.07) is 4.78. The molecule has 5 heteroatoms. The molecule has 0 aliphatic rings. The van der Waals surface area contributed by atoms with Crippen molar-refractivity contribution < 1.29 is 13.6 Å². The Morgan fingerprint density at radius 2 is 1.84 bits per heavy atom. The number of hydrogen-bond donors (Lipinski definition) is 0. The van der Waals surface area contributed by atoms with Crippen LogP contribution in [0, 0.1) is 5.82 Å². The van der Waals surface area contributed by atoms with Gasteiger partial charge in [0, 0.05) is 0 Å². The van der Waals surface area contributed by atoms with Gasteiger partial charge in [-0.3, -0.25) is 0 Å². The van der Waals surface area contributed by atoms with Gasteiger partial charge in [-0.05, 0) is 46.2 Å². The van der Waals surface area contributed by atoms with Crippen molar-refractivity contribution in [2.45, 2.75) is 38.9 Å². The normalized spacial score (nSPS) is 12.6. The molecule has 2 nitrogen and oxygen atoms in total. The van der Waals surface area contributed by atoms with Crippen LogP contribution in [0.2, 0.25) is 18.1 Å². The van der Waals surface area contributed by atoms with E-state index in [-0.39, 0.29) is 16.6 Å². The van der Waals surface area contributed by atoms with Crippen molar-refractivity contribution in [1.82, 2.24) is 0 Å². The average Bonchev–Trinajstić information content (AvgIpc) is 2.25. The molecule has 0 radical (unpaired) electrons. The summed E-state index contributed by atoms with van der Waals surface area (Å²) in [5, 5.41) is 0.172. The van der Waals surface area contributed by atoms with Crippen LogP contribution in [0.15, 0.2) is 22.7 Å².